The summed E-state index contributed by atoms with van der Waals surface area (Å²) in [6.07, 6.45) is 5.06. The molecule has 1 aliphatic heterocycles. The number of rotatable bonds is 8. The van der Waals surface area contributed by atoms with Gasteiger partial charge in [0.1, 0.15) is 0 Å². The van der Waals surface area contributed by atoms with Gasteiger partial charge in [0.05, 0.1) is 0 Å². The second kappa shape index (κ2) is 8.89. The first-order valence-corrected chi connectivity index (χ1v) is 7.65. The molecule has 0 aromatic rings. The summed E-state index contributed by atoms with van der Waals surface area (Å²) in [5.74, 6) is 0.735. The van der Waals surface area contributed by atoms with Crippen molar-refractivity contribution in [3.63, 3.8) is 0 Å². The fraction of sp³-hybridized carbons (Fsp3) is 1.00. The third-order valence-corrected chi connectivity index (χ3v) is 4.13. The number of nitrogens with one attached hydrogen (secondary N) is 1. The van der Waals surface area contributed by atoms with Crippen molar-refractivity contribution in [3.8, 4) is 0 Å². The lowest BCUT2D eigenvalue weighted by Crippen LogP contribution is -2.58. The second-order valence-electron chi connectivity index (χ2n) is 5.87. The van der Waals surface area contributed by atoms with Crippen LogP contribution in [-0.2, 0) is 4.74 Å². The van der Waals surface area contributed by atoms with Gasteiger partial charge in [-0.1, -0.05) is 20.8 Å². The maximum absolute atomic E-state index is 5.10. The number of unbranched alkanes of at least 4 members (excludes halogenated alkanes) is 2. The molecule has 108 valence electrons. The largest absolute Gasteiger partial charge is 0.385 e. The molecule has 18 heavy (non-hydrogen) atoms. The van der Waals surface area contributed by atoms with Crippen LogP contribution in [0, 0.1) is 5.92 Å². The summed E-state index contributed by atoms with van der Waals surface area (Å²) >= 11 is 0. The highest BCUT2D eigenvalue weighted by Gasteiger charge is 2.27. The van der Waals surface area contributed by atoms with E-state index in [1.165, 1.54) is 38.8 Å². The lowest BCUT2D eigenvalue weighted by atomic mass is 9.98. The molecule has 0 bridgehead atoms. The Morgan fingerprint density at radius 1 is 1.28 bits per heavy atom. The lowest BCUT2D eigenvalue weighted by molar-refractivity contribution is 0.107. The number of methoxy groups -OCH3 is 1. The number of hydrogen-bond donors (Lipinski definition) is 1. The van der Waals surface area contributed by atoms with Crippen molar-refractivity contribution in [3.05, 3.63) is 0 Å². The lowest BCUT2D eigenvalue weighted by Gasteiger charge is -2.41. The summed E-state index contributed by atoms with van der Waals surface area (Å²) in [6.45, 7) is 11.5. The molecule has 3 heteroatoms. The van der Waals surface area contributed by atoms with Gasteiger partial charge in [-0.15, -0.1) is 0 Å². The van der Waals surface area contributed by atoms with Gasteiger partial charge >= 0.3 is 0 Å². The number of nitrogens with zero attached hydrogens (tertiary/aromatic N) is 1. The highest BCUT2D eigenvalue weighted by molar-refractivity contribution is 4.86. The van der Waals surface area contributed by atoms with Crippen molar-refractivity contribution in [2.24, 2.45) is 5.92 Å². The Balaban J connectivity index is 2.29. The van der Waals surface area contributed by atoms with Gasteiger partial charge in [-0.3, -0.25) is 4.90 Å². The average Bonchev–Trinajstić information content (AvgIpc) is 2.38. The summed E-state index contributed by atoms with van der Waals surface area (Å²) < 4.78 is 5.10. The van der Waals surface area contributed by atoms with Gasteiger partial charge in [0.25, 0.3) is 0 Å². The highest BCUT2D eigenvalue weighted by atomic mass is 16.5. The molecule has 1 rings (SSSR count). The van der Waals surface area contributed by atoms with Crippen LogP contribution in [0.15, 0.2) is 0 Å². The summed E-state index contributed by atoms with van der Waals surface area (Å²) in [4.78, 5) is 2.70. The summed E-state index contributed by atoms with van der Waals surface area (Å²) in [5, 5.41) is 3.70. The second-order valence-corrected chi connectivity index (χ2v) is 5.87. The van der Waals surface area contributed by atoms with Crippen LogP contribution in [0.3, 0.4) is 0 Å². The first kappa shape index (κ1) is 15.9. The van der Waals surface area contributed by atoms with Crippen LogP contribution in [0.5, 0.6) is 0 Å². The smallest absolute Gasteiger partial charge is 0.0462 e. The third-order valence-electron chi connectivity index (χ3n) is 4.13. The molecule has 0 spiro atoms. The van der Waals surface area contributed by atoms with Gasteiger partial charge in [-0.2, -0.15) is 0 Å². The molecule has 0 aromatic carbocycles. The van der Waals surface area contributed by atoms with E-state index in [9.17, 15) is 0 Å². The van der Waals surface area contributed by atoms with Gasteiger partial charge in [0, 0.05) is 38.9 Å². The van der Waals surface area contributed by atoms with E-state index in [-0.39, 0.29) is 0 Å². The highest BCUT2D eigenvalue weighted by Crippen LogP contribution is 2.15. The SMILES string of the molecule is CCC1CNC(C(C)C)CN1CCCCCOC. The molecule has 0 aromatic heterocycles. The van der Waals surface area contributed by atoms with E-state index in [0.29, 0.717) is 6.04 Å². The van der Waals surface area contributed by atoms with Crippen molar-refractivity contribution in [2.75, 3.05) is 33.4 Å². The van der Waals surface area contributed by atoms with Crippen LogP contribution in [-0.4, -0.2) is 50.3 Å². The van der Waals surface area contributed by atoms with Gasteiger partial charge in [0.15, 0.2) is 0 Å². The first-order valence-electron chi connectivity index (χ1n) is 7.65. The van der Waals surface area contributed by atoms with Crippen molar-refractivity contribution in [1.29, 1.82) is 0 Å². The summed E-state index contributed by atoms with van der Waals surface area (Å²) in [6, 6.07) is 1.41. The van der Waals surface area contributed by atoms with Gasteiger partial charge in [0.2, 0.25) is 0 Å². The van der Waals surface area contributed by atoms with Gasteiger partial charge in [-0.25, -0.2) is 0 Å². The van der Waals surface area contributed by atoms with E-state index in [0.717, 1.165) is 25.1 Å². The first-order chi connectivity index (χ1) is 8.69. The third kappa shape index (κ3) is 5.25. The standard InChI is InChI=1S/C15H32N2O/c1-5-14-11-16-15(13(2)3)12-17(14)9-7-6-8-10-18-4/h13-16H,5-12H2,1-4H3. The van der Waals surface area contributed by atoms with Crippen molar-refractivity contribution < 1.29 is 4.74 Å². The Hall–Kier alpha value is -0.120. The molecule has 2 atom stereocenters. The minimum absolute atomic E-state index is 0.673. The van der Waals surface area contributed by atoms with E-state index >= 15 is 0 Å². The number of hydrogen-bond acceptors (Lipinski definition) is 3. The Kier molecular flexibility index (Phi) is 7.87. The molecule has 0 aliphatic carbocycles. The maximum atomic E-state index is 5.10. The van der Waals surface area contributed by atoms with Crippen LogP contribution < -0.4 is 5.32 Å². The molecule has 1 N–H and O–H groups in total. The summed E-state index contributed by atoms with van der Waals surface area (Å²) in [7, 11) is 1.79. The molecule has 3 nitrogen and oxygen atoms in total. The molecule has 0 radical (unpaired) electrons. The van der Waals surface area contributed by atoms with Crippen LogP contribution in [0.25, 0.3) is 0 Å². The van der Waals surface area contributed by atoms with Gasteiger partial charge < -0.3 is 10.1 Å². The average molecular weight is 256 g/mol. The number of ether oxygens (including phenoxy) is 1. The van der Waals surface area contributed by atoms with Crippen LogP contribution in [0.2, 0.25) is 0 Å². The zero-order chi connectivity index (χ0) is 13.4. The van der Waals surface area contributed by atoms with E-state index in [4.69, 9.17) is 4.74 Å². The molecule has 1 heterocycles. The van der Waals surface area contributed by atoms with Crippen LogP contribution in [0.4, 0.5) is 0 Å². The van der Waals surface area contributed by atoms with E-state index < -0.39 is 0 Å². The zero-order valence-electron chi connectivity index (χ0n) is 12.7. The van der Waals surface area contributed by atoms with Crippen LogP contribution >= 0.6 is 0 Å². The van der Waals surface area contributed by atoms with Crippen LogP contribution in [0.1, 0.15) is 46.5 Å². The summed E-state index contributed by atoms with van der Waals surface area (Å²) in [5.41, 5.74) is 0. The maximum Gasteiger partial charge on any atom is 0.0462 e. The fourth-order valence-corrected chi connectivity index (χ4v) is 2.74. The molecule has 1 saturated heterocycles. The fourth-order valence-electron chi connectivity index (χ4n) is 2.74. The molecular formula is C15H32N2O. The number of piperazine rings is 1. The predicted octanol–water partition coefficient (Wildman–Crippen LogP) is 2.51. The normalized spacial score (nSPS) is 25.8. The topological polar surface area (TPSA) is 24.5 Å². The van der Waals surface area contributed by atoms with Crippen molar-refractivity contribution >= 4 is 0 Å². The molecule has 0 amide bonds. The molecule has 1 aliphatic rings. The quantitative estimate of drug-likeness (QED) is 0.675. The van der Waals surface area contributed by atoms with E-state index in [2.05, 4.69) is 31.0 Å². The van der Waals surface area contributed by atoms with Gasteiger partial charge in [-0.05, 0) is 38.1 Å². The zero-order valence-corrected chi connectivity index (χ0v) is 12.7. The molecule has 2 unspecified atom stereocenters. The minimum atomic E-state index is 0.673. The molecular weight excluding hydrogens is 224 g/mol. The predicted molar refractivity (Wildman–Crippen MR) is 78.0 cm³/mol. The Morgan fingerprint density at radius 3 is 2.67 bits per heavy atom. The molecule has 0 saturated carbocycles. The van der Waals surface area contributed by atoms with Crippen molar-refractivity contribution in [1.82, 2.24) is 10.2 Å². The minimum Gasteiger partial charge on any atom is -0.385 e. The Bertz CT molecular complexity index is 209. The van der Waals surface area contributed by atoms with Crippen molar-refractivity contribution in [2.45, 2.75) is 58.5 Å². The monoisotopic (exact) mass is 256 g/mol. The van der Waals surface area contributed by atoms with E-state index in [1.54, 1.807) is 7.11 Å². The van der Waals surface area contributed by atoms with E-state index in [1.807, 2.05) is 0 Å². The Labute approximate surface area is 113 Å². The molecule has 1 fully saturated rings. The Morgan fingerprint density at radius 2 is 2.06 bits per heavy atom.